The van der Waals surface area contributed by atoms with Crippen molar-refractivity contribution in [3.05, 3.63) is 36.4 Å². The molecule has 1 heteroatoms. The number of unbranched alkanes of at least 4 members (excludes halogenated alkanes) is 14. The van der Waals surface area contributed by atoms with Crippen LogP contribution in [-0.4, -0.2) is 20.1 Å². The Hall–Kier alpha value is -1.08. The molecule has 0 radical (unpaired) electrons. The monoisotopic (exact) mass is 414 g/mol. The SMILES string of the molecule is C=Cc1ccc([N+](C)(CCCCCCCCCC)CCCCCCCCCC)cc1. The number of benzene rings is 1. The van der Waals surface area contributed by atoms with Crippen molar-refractivity contribution in [2.24, 2.45) is 0 Å². The summed E-state index contributed by atoms with van der Waals surface area (Å²) in [5.74, 6) is 0. The van der Waals surface area contributed by atoms with Gasteiger partial charge in [-0.3, -0.25) is 4.48 Å². The predicted molar refractivity (Wildman–Crippen MR) is 139 cm³/mol. The summed E-state index contributed by atoms with van der Waals surface area (Å²) in [6.07, 6.45) is 24.4. The zero-order valence-electron chi connectivity index (χ0n) is 20.8. The van der Waals surface area contributed by atoms with Crippen LogP contribution in [0.5, 0.6) is 0 Å². The molecule has 0 spiro atoms. The van der Waals surface area contributed by atoms with Crippen LogP contribution in [0.2, 0.25) is 0 Å². The van der Waals surface area contributed by atoms with Gasteiger partial charge in [-0.25, -0.2) is 0 Å². The Bertz CT molecular complexity index is 496. The van der Waals surface area contributed by atoms with Gasteiger partial charge in [-0.1, -0.05) is 104 Å². The average molecular weight is 415 g/mol. The maximum Gasteiger partial charge on any atom is 0.132 e. The highest BCUT2D eigenvalue weighted by molar-refractivity contribution is 5.53. The number of nitrogens with zero attached hydrogens (tertiary/aromatic N) is 1. The highest BCUT2D eigenvalue weighted by Gasteiger charge is 2.23. The molecule has 0 saturated carbocycles. The third kappa shape index (κ3) is 11.9. The molecule has 0 aliphatic rings. The van der Waals surface area contributed by atoms with E-state index in [-0.39, 0.29) is 0 Å². The van der Waals surface area contributed by atoms with Crippen LogP contribution >= 0.6 is 0 Å². The second kappa shape index (κ2) is 17.6. The van der Waals surface area contributed by atoms with Crippen molar-refractivity contribution in [2.45, 2.75) is 117 Å². The summed E-state index contributed by atoms with van der Waals surface area (Å²) in [7, 11) is 2.46. The molecule has 0 saturated heterocycles. The predicted octanol–water partition coefficient (Wildman–Crippen LogP) is 9.55. The Balaban J connectivity index is 2.43. The lowest BCUT2D eigenvalue weighted by atomic mass is 10.1. The van der Waals surface area contributed by atoms with Crippen LogP contribution < -0.4 is 4.48 Å². The van der Waals surface area contributed by atoms with Crippen molar-refractivity contribution in [3.63, 3.8) is 0 Å². The maximum atomic E-state index is 3.91. The highest BCUT2D eigenvalue weighted by atomic mass is 15.3. The highest BCUT2D eigenvalue weighted by Crippen LogP contribution is 2.25. The summed E-state index contributed by atoms with van der Waals surface area (Å²) in [6, 6.07) is 9.15. The van der Waals surface area contributed by atoms with E-state index in [1.807, 2.05) is 6.08 Å². The topological polar surface area (TPSA) is 0 Å². The van der Waals surface area contributed by atoms with Gasteiger partial charge in [0.15, 0.2) is 0 Å². The third-order valence-electron chi connectivity index (χ3n) is 6.76. The van der Waals surface area contributed by atoms with Crippen LogP contribution in [0.15, 0.2) is 30.8 Å². The van der Waals surface area contributed by atoms with E-state index in [0.29, 0.717) is 0 Å². The molecule has 0 fully saturated rings. The summed E-state index contributed by atoms with van der Waals surface area (Å²) in [4.78, 5) is 0. The summed E-state index contributed by atoms with van der Waals surface area (Å²) >= 11 is 0. The first-order chi connectivity index (χ1) is 14.7. The van der Waals surface area contributed by atoms with Gasteiger partial charge < -0.3 is 0 Å². The zero-order chi connectivity index (χ0) is 21.9. The molecule has 0 N–H and O–H groups in total. The lowest BCUT2D eigenvalue weighted by molar-refractivity contribution is 0.310. The Labute approximate surface area is 189 Å². The molecule has 1 rings (SSSR count). The Morgan fingerprint density at radius 1 is 0.600 bits per heavy atom. The Kier molecular flexibility index (Phi) is 15.8. The van der Waals surface area contributed by atoms with Crippen molar-refractivity contribution >= 4 is 11.8 Å². The maximum absolute atomic E-state index is 3.91. The summed E-state index contributed by atoms with van der Waals surface area (Å²) in [5, 5.41) is 0. The van der Waals surface area contributed by atoms with Gasteiger partial charge in [-0.05, 0) is 55.5 Å². The van der Waals surface area contributed by atoms with Crippen molar-refractivity contribution in [1.29, 1.82) is 0 Å². The minimum atomic E-state index is 1.10. The van der Waals surface area contributed by atoms with Gasteiger partial charge in [0.25, 0.3) is 0 Å². The van der Waals surface area contributed by atoms with E-state index >= 15 is 0 Å². The van der Waals surface area contributed by atoms with E-state index in [1.165, 1.54) is 127 Å². The molecule has 0 aliphatic heterocycles. The van der Waals surface area contributed by atoms with Gasteiger partial charge in [0.1, 0.15) is 5.69 Å². The minimum Gasteiger partial charge on any atom is -0.294 e. The molecule has 1 aromatic carbocycles. The number of rotatable bonds is 20. The second-order valence-electron chi connectivity index (χ2n) is 9.59. The van der Waals surface area contributed by atoms with E-state index < -0.39 is 0 Å². The smallest absolute Gasteiger partial charge is 0.132 e. The van der Waals surface area contributed by atoms with Crippen LogP contribution in [-0.2, 0) is 0 Å². The minimum absolute atomic E-state index is 1.10. The fraction of sp³-hybridized carbons (Fsp3) is 0.724. The first kappa shape index (κ1) is 27.0. The van der Waals surface area contributed by atoms with Crippen molar-refractivity contribution < 1.29 is 0 Å². The normalized spacial score (nSPS) is 11.7. The van der Waals surface area contributed by atoms with Gasteiger partial charge in [-0.15, -0.1) is 0 Å². The molecule has 0 aromatic heterocycles. The Morgan fingerprint density at radius 3 is 1.33 bits per heavy atom. The van der Waals surface area contributed by atoms with E-state index in [1.54, 1.807) is 0 Å². The molecular formula is C29H52N+. The fourth-order valence-electron chi connectivity index (χ4n) is 4.53. The lowest BCUT2D eigenvalue weighted by Crippen LogP contribution is -2.46. The summed E-state index contributed by atoms with van der Waals surface area (Å²) < 4.78 is 1.10. The van der Waals surface area contributed by atoms with Crippen molar-refractivity contribution in [2.75, 3.05) is 20.1 Å². The standard InChI is InChI=1S/C29H52N/c1-5-8-10-12-14-16-18-20-26-30(4,29-24-22-28(7-3)23-25-29)27-21-19-17-15-13-11-9-6-2/h7,22-25H,3,5-6,8-21,26-27H2,1-2,4H3/q+1. The van der Waals surface area contributed by atoms with Gasteiger partial charge in [0.05, 0.1) is 20.1 Å². The van der Waals surface area contributed by atoms with Crippen LogP contribution in [0, 0.1) is 0 Å². The molecule has 0 bridgehead atoms. The van der Waals surface area contributed by atoms with Crippen LogP contribution in [0.1, 0.15) is 122 Å². The molecule has 1 nitrogen and oxygen atoms in total. The van der Waals surface area contributed by atoms with Gasteiger partial charge in [0.2, 0.25) is 0 Å². The van der Waals surface area contributed by atoms with Crippen LogP contribution in [0.3, 0.4) is 0 Å². The van der Waals surface area contributed by atoms with E-state index in [2.05, 4.69) is 51.7 Å². The van der Waals surface area contributed by atoms with Gasteiger partial charge >= 0.3 is 0 Å². The van der Waals surface area contributed by atoms with E-state index in [9.17, 15) is 0 Å². The largest absolute Gasteiger partial charge is 0.294 e. The van der Waals surface area contributed by atoms with E-state index in [0.717, 1.165) is 4.48 Å². The van der Waals surface area contributed by atoms with Crippen LogP contribution in [0.4, 0.5) is 5.69 Å². The first-order valence-corrected chi connectivity index (χ1v) is 13.2. The number of hydrogen-bond acceptors (Lipinski definition) is 0. The van der Waals surface area contributed by atoms with Crippen molar-refractivity contribution in [3.8, 4) is 0 Å². The van der Waals surface area contributed by atoms with E-state index in [4.69, 9.17) is 0 Å². The summed E-state index contributed by atoms with van der Waals surface area (Å²) in [6.45, 7) is 11.1. The fourth-order valence-corrected chi connectivity index (χ4v) is 4.53. The Morgan fingerprint density at radius 2 is 0.967 bits per heavy atom. The van der Waals surface area contributed by atoms with Crippen molar-refractivity contribution in [1.82, 2.24) is 4.48 Å². The van der Waals surface area contributed by atoms with Crippen LogP contribution in [0.25, 0.3) is 6.08 Å². The molecular weight excluding hydrogens is 362 g/mol. The van der Waals surface area contributed by atoms with Gasteiger partial charge in [-0.2, -0.15) is 0 Å². The first-order valence-electron chi connectivity index (χ1n) is 13.2. The average Bonchev–Trinajstić information content (AvgIpc) is 2.77. The third-order valence-corrected chi connectivity index (χ3v) is 6.76. The molecule has 0 amide bonds. The lowest BCUT2D eigenvalue weighted by Gasteiger charge is -2.34. The molecule has 0 heterocycles. The number of quaternary nitrogens is 1. The second-order valence-corrected chi connectivity index (χ2v) is 9.59. The van der Waals surface area contributed by atoms with Gasteiger partial charge in [0, 0.05) is 0 Å². The molecule has 0 atom stereocenters. The molecule has 0 aliphatic carbocycles. The zero-order valence-corrected chi connectivity index (χ0v) is 20.8. The quantitative estimate of drug-likeness (QED) is 0.147. The number of hydrogen-bond donors (Lipinski definition) is 0. The molecule has 0 unspecified atom stereocenters. The molecule has 1 aromatic rings. The molecule has 30 heavy (non-hydrogen) atoms. The molecule has 172 valence electrons. The summed E-state index contributed by atoms with van der Waals surface area (Å²) in [5.41, 5.74) is 2.70.